The summed E-state index contributed by atoms with van der Waals surface area (Å²) >= 11 is 0. The molecular formula is C60H90F8O18. The zero-order valence-corrected chi connectivity index (χ0v) is 51.8. The van der Waals surface area contributed by atoms with Gasteiger partial charge in [0, 0.05) is 24.1 Å². The first-order valence-corrected chi connectivity index (χ1v) is 28.7. The van der Waals surface area contributed by atoms with E-state index in [0.717, 1.165) is 32.1 Å². The molecule has 26 heteroatoms. The van der Waals surface area contributed by atoms with Gasteiger partial charge in [-0.2, -0.15) is 35.1 Å². The van der Waals surface area contributed by atoms with Gasteiger partial charge in [-0.3, -0.25) is 24.0 Å². The lowest BCUT2D eigenvalue weighted by Gasteiger charge is -2.35. The molecule has 0 amide bonds. The first-order valence-electron chi connectivity index (χ1n) is 28.7. The van der Waals surface area contributed by atoms with Crippen LogP contribution in [-0.2, 0) is 57.1 Å². The van der Waals surface area contributed by atoms with Crippen LogP contribution in [0.1, 0.15) is 178 Å². The number of hydrogen-bond donors (Lipinski definition) is 5. The van der Waals surface area contributed by atoms with Gasteiger partial charge in [0.05, 0.1) is 47.4 Å². The SMILES string of the molecule is CCC(C)(C)C(=O)OCCOC(=O)c1cccc2c(O)cccc12.CCC(C)C(=O)O.CCC(C)C(=O)OC(C)CC(C)(O)C(F)(F)F.CCC(C)C(=O)OC1(C)COC(O)(C(F)(F)F)C1(F)F.CCC(C)C(=O)OC1CCCC2OC(C)(O)CC12. The molecule has 18 nitrogen and oxygen atoms in total. The van der Waals surface area contributed by atoms with Crippen molar-refractivity contribution in [2.45, 2.75) is 227 Å². The molecule has 2 heterocycles. The average Bonchev–Trinajstić information content (AvgIpc) is 1.55. The molecular weight excluding hydrogens is 1160 g/mol. The van der Waals surface area contributed by atoms with Crippen LogP contribution in [0.3, 0.4) is 0 Å². The largest absolute Gasteiger partial charge is 0.507 e. The van der Waals surface area contributed by atoms with Crippen LogP contribution in [0.15, 0.2) is 36.4 Å². The number of fused-ring (bicyclic) bond motifs is 2. The third-order valence-corrected chi connectivity index (χ3v) is 15.4. The van der Waals surface area contributed by atoms with Gasteiger partial charge >= 0.3 is 59.9 Å². The van der Waals surface area contributed by atoms with Crippen LogP contribution >= 0.6 is 0 Å². The maximum Gasteiger partial charge on any atom is 0.449 e. The van der Waals surface area contributed by atoms with Gasteiger partial charge in [0.2, 0.25) is 5.60 Å². The van der Waals surface area contributed by atoms with E-state index in [1.807, 2.05) is 41.5 Å². The molecule has 0 radical (unpaired) electrons. The Balaban J connectivity index is 0.000000556. The summed E-state index contributed by atoms with van der Waals surface area (Å²) in [6.45, 7) is 22.4. The van der Waals surface area contributed by atoms with Gasteiger partial charge in [-0.25, -0.2) is 4.79 Å². The molecule has 5 rings (SSSR count). The monoisotopic (exact) mass is 1250 g/mol. The number of halogens is 8. The number of carbonyl (C=O) groups is 6. The Morgan fingerprint density at radius 2 is 1.23 bits per heavy atom. The molecule has 3 aliphatic rings. The van der Waals surface area contributed by atoms with Crippen LogP contribution in [0.25, 0.3) is 10.8 Å². The van der Waals surface area contributed by atoms with Crippen molar-refractivity contribution in [1.29, 1.82) is 0 Å². The Kier molecular flexibility index (Phi) is 29.9. The van der Waals surface area contributed by atoms with Crippen LogP contribution in [-0.4, -0.2) is 141 Å². The second-order valence-electron chi connectivity index (χ2n) is 23.2. The molecule has 2 aromatic carbocycles. The fourth-order valence-corrected chi connectivity index (χ4v) is 8.14. The van der Waals surface area contributed by atoms with Crippen LogP contribution in [0.2, 0.25) is 0 Å². The number of phenolic OH excluding ortho intramolecular Hbond substituents is 1. The molecule has 494 valence electrons. The molecule has 12 unspecified atom stereocenters. The lowest BCUT2D eigenvalue weighted by molar-refractivity contribution is -0.409. The molecule has 1 aliphatic carbocycles. The van der Waals surface area contributed by atoms with E-state index in [9.17, 15) is 79.2 Å². The highest BCUT2D eigenvalue weighted by molar-refractivity contribution is 6.06. The maximum atomic E-state index is 13.9. The third kappa shape index (κ3) is 21.7. The predicted molar refractivity (Wildman–Crippen MR) is 297 cm³/mol. The Morgan fingerprint density at radius 3 is 1.72 bits per heavy atom. The molecule has 0 aromatic heterocycles. The Bertz CT molecular complexity index is 2520. The topological polar surface area (TPSA) is 268 Å². The quantitative estimate of drug-likeness (QED) is 0.0379. The molecule has 2 saturated heterocycles. The predicted octanol–water partition coefficient (Wildman–Crippen LogP) is 12.0. The number of carbonyl (C=O) groups excluding carboxylic acids is 5. The summed E-state index contributed by atoms with van der Waals surface area (Å²) < 4.78 is 137. The van der Waals surface area contributed by atoms with Crippen LogP contribution in [0.5, 0.6) is 5.75 Å². The number of hydrogen-bond acceptors (Lipinski definition) is 17. The van der Waals surface area contributed by atoms with E-state index in [0.29, 0.717) is 49.4 Å². The number of ether oxygens (including phenoxy) is 7. The molecule has 2 aliphatic heterocycles. The number of carboxylic acid groups (broad SMARTS) is 1. The van der Waals surface area contributed by atoms with E-state index in [-0.39, 0.29) is 73.2 Å². The normalized spacial score (nSPS) is 24.8. The highest BCUT2D eigenvalue weighted by Gasteiger charge is 2.82. The fourth-order valence-electron chi connectivity index (χ4n) is 8.14. The molecule has 0 bridgehead atoms. The summed E-state index contributed by atoms with van der Waals surface area (Å²) in [6.07, 6.45) is -5.72. The van der Waals surface area contributed by atoms with Crippen molar-refractivity contribution in [3.8, 4) is 5.75 Å². The van der Waals surface area contributed by atoms with Gasteiger partial charge in [-0.05, 0) is 110 Å². The van der Waals surface area contributed by atoms with Crippen molar-refractivity contribution in [3.63, 3.8) is 0 Å². The van der Waals surface area contributed by atoms with E-state index in [1.165, 1.54) is 13.8 Å². The van der Waals surface area contributed by atoms with Crippen molar-refractivity contribution < 1.29 is 123 Å². The first kappa shape index (κ1) is 78.6. The molecule has 12 atom stereocenters. The lowest BCUT2D eigenvalue weighted by Crippen LogP contribution is -2.63. The van der Waals surface area contributed by atoms with Crippen molar-refractivity contribution >= 4 is 46.6 Å². The average molecular weight is 1250 g/mol. The Labute approximate surface area is 497 Å². The lowest BCUT2D eigenvalue weighted by atomic mass is 9.82. The highest BCUT2D eigenvalue weighted by atomic mass is 19.4. The summed E-state index contributed by atoms with van der Waals surface area (Å²) in [5.74, 6) is -14.9. The number of benzene rings is 2. The number of rotatable bonds is 19. The summed E-state index contributed by atoms with van der Waals surface area (Å²) in [7, 11) is 0. The van der Waals surface area contributed by atoms with E-state index in [1.54, 1.807) is 71.0 Å². The molecule has 1 saturated carbocycles. The van der Waals surface area contributed by atoms with Gasteiger partial charge in [0.1, 0.15) is 31.2 Å². The van der Waals surface area contributed by atoms with E-state index < -0.39 is 95.4 Å². The molecule has 3 fully saturated rings. The first-order chi connectivity index (χ1) is 39.3. The number of phenols is 1. The Hall–Kier alpha value is -5.44. The van der Waals surface area contributed by atoms with Crippen LogP contribution in [0, 0.1) is 35.0 Å². The minimum atomic E-state index is -5.73. The van der Waals surface area contributed by atoms with Crippen molar-refractivity contribution in [3.05, 3.63) is 42.0 Å². The standard InChI is InChI=1S/C19H22O5.C14H24O4.C11H15F5O4.C11H19F3O3.C5H10O2/c1-4-19(2,3)18(22)24-12-11-23-17(21)15-9-5-8-14-13(15)7-6-10-16(14)20;1-4-9(2)13(15)17-11-6-5-7-12-10(11)8-14(3,16)18-12;1-4-6(2)7(17)20-8(3)5-19-10(18,9(8,12)13)11(14,15)16;1-5-7(2)9(15)17-8(3)6-10(4,16)11(12,13)14;1-3-4(2)5(6)7/h5-10,20H,4,11-12H2,1-3H3;9-12,16H,4-8H2,1-3H3;6,18H,4-5H2,1-3H3;7-8,16H,5-6H2,1-4H3;4H,3H2,1-2H3,(H,6,7). The van der Waals surface area contributed by atoms with Crippen molar-refractivity contribution in [2.75, 3.05) is 19.8 Å². The smallest absolute Gasteiger partial charge is 0.449 e. The summed E-state index contributed by atoms with van der Waals surface area (Å²) in [5.41, 5.74) is -5.92. The van der Waals surface area contributed by atoms with Crippen molar-refractivity contribution in [1.82, 2.24) is 0 Å². The number of aliphatic carboxylic acids is 1. The molecule has 5 N–H and O–H groups in total. The van der Waals surface area contributed by atoms with Gasteiger partial charge < -0.3 is 58.7 Å². The summed E-state index contributed by atoms with van der Waals surface area (Å²) in [5, 5.41) is 47.5. The van der Waals surface area contributed by atoms with Crippen LogP contribution in [0.4, 0.5) is 35.1 Å². The number of alkyl halides is 8. The van der Waals surface area contributed by atoms with E-state index >= 15 is 0 Å². The molecule has 0 spiro atoms. The number of esters is 5. The highest BCUT2D eigenvalue weighted by Crippen LogP contribution is 2.54. The minimum absolute atomic E-state index is 0.0143. The summed E-state index contributed by atoms with van der Waals surface area (Å²) in [4.78, 5) is 68.7. The van der Waals surface area contributed by atoms with Gasteiger partial charge in [-0.15, -0.1) is 0 Å². The second kappa shape index (κ2) is 32.7. The minimum Gasteiger partial charge on any atom is -0.507 e. The second-order valence-corrected chi connectivity index (χ2v) is 23.2. The number of aromatic hydroxyl groups is 1. The zero-order chi connectivity index (χ0) is 66.8. The molecule has 86 heavy (non-hydrogen) atoms. The zero-order valence-electron chi connectivity index (χ0n) is 51.8. The Morgan fingerprint density at radius 1 is 0.721 bits per heavy atom. The van der Waals surface area contributed by atoms with Crippen molar-refractivity contribution in [2.24, 2.45) is 35.0 Å². The van der Waals surface area contributed by atoms with Crippen LogP contribution < -0.4 is 0 Å². The molecule has 2 aromatic rings. The number of carboxylic acids is 1. The van der Waals surface area contributed by atoms with E-state index in [4.69, 9.17) is 33.9 Å². The fraction of sp³-hybridized carbons (Fsp3) is 0.733. The van der Waals surface area contributed by atoms with Gasteiger partial charge in [-0.1, -0.05) is 86.6 Å². The maximum absolute atomic E-state index is 13.9. The van der Waals surface area contributed by atoms with E-state index in [2.05, 4.69) is 9.47 Å². The van der Waals surface area contributed by atoms with Gasteiger partial charge in [0.15, 0.2) is 11.4 Å². The van der Waals surface area contributed by atoms with Gasteiger partial charge in [0.25, 0.3) is 0 Å². The third-order valence-electron chi connectivity index (χ3n) is 15.4. The summed E-state index contributed by atoms with van der Waals surface area (Å²) in [6, 6.07) is 10.0. The number of aliphatic hydroxyl groups is 3.